The van der Waals surface area contributed by atoms with Gasteiger partial charge in [-0.25, -0.2) is 0 Å². The van der Waals surface area contributed by atoms with Crippen LogP contribution in [-0.2, 0) is 0 Å². The fraction of sp³-hybridized carbons (Fsp3) is 1.00. The Morgan fingerprint density at radius 1 is 0.944 bits per heavy atom. The highest BCUT2D eigenvalue weighted by Crippen LogP contribution is 2.42. The van der Waals surface area contributed by atoms with Crippen molar-refractivity contribution in [2.24, 2.45) is 17.3 Å². The first kappa shape index (κ1) is 16.0. The molecule has 1 unspecified atom stereocenters. The summed E-state index contributed by atoms with van der Waals surface area (Å²) < 4.78 is 0. The van der Waals surface area contributed by atoms with E-state index < -0.39 is 0 Å². The minimum absolute atomic E-state index is 0.608. The largest absolute Gasteiger partial charge is 0.314 e. The molecule has 0 bridgehead atoms. The monoisotopic (exact) mass is 253 g/mol. The Labute approximate surface area is 115 Å². The van der Waals surface area contributed by atoms with Gasteiger partial charge in [-0.15, -0.1) is 0 Å². The Hall–Kier alpha value is -0.0400. The Bertz CT molecular complexity index is 214. The van der Waals surface area contributed by atoms with Crippen LogP contribution in [0, 0.1) is 17.3 Å². The maximum atomic E-state index is 3.71. The molecule has 1 nitrogen and oxygen atoms in total. The lowest BCUT2D eigenvalue weighted by molar-refractivity contribution is 0.131. The molecule has 1 heteroatoms. The molecule has 0 heterocycles. The van der Waals surface area contributed by atoms with Crippen LogP contribution < -0.4 is 5.32 Å². The van der Waals surface area contributed by atoms with Gasteiger partial charge in [0, 0.05) is 12.6 Å². The van der Waals surface area contributed by atoms with Gasteiger partial charge in [0.1, 0.15) is 0 Å². The lowest BCUT2D eigenvalue weighted by atomic mass is 9.68. The van der Waals surface area contributed by atoms with Crippen molar-refractivity contribution in [3.63, 3.8) is 0 Å². The van der Waals surface area contributed by atoms with E-state index in [2.05, 4.69) is 39.9 Å². The van der Waals surface area contributed by atoms with E-state index in [-0.39, 0.29) is 0 Å². The van der Waals surface area contributed by atoms with E-state index in [9.17, 15) is 0 Å². The van der Waals surface area contributed by atoms with Crippen molar-refractivity contribution < 1.29 is 0 Å². The molecule has 0 aromatic carbocycles. The highest BCUT2D eigenvalue weighted by molar-refractivity contribution is 4.87. The topological polar surface area (TPSA) is 12.0 Å². The van der Waals surface area contributed by atoms with Crippen molar-refractivity contribution in [2.75, 3.05) is 6.54 Å². The first-order valence-electron chi connectivity index (χ1n) is 8.17. The predicted molar refractivity (Wildman–Crippen MR) is 81.9 cm³/mol. The van der Waals surface area contributed by atoms with Gasteiger partial charge < -0.3 is 5.32 Å². The summed E-state index contributed by atoms with van der Waals surface area (Å²) in [6, 6.07) is 0.629. The van der Waals surface area contributed by atoms with Crippen LogP contribution in [0.3, 0.4) is 0 Å². The number of nitrogens with one attached hydrogen (secondary N) is 1. The van der Waals surface area contributed by atoms with Crippen molar-refractivity contribution in [2.45, 2.75) is 85.6 Å². The minimum atomic E-state index is 0.608. The maximum Gasteiger partial charge on any atom is 0.00106 e. The average Bonchev–Trinajstić information content (AvgIpc) is 2.26. The van der Waals surface area contributed by atoms with Crippen LogP contribution in [0.5, 0.6) is 0 Å². The van der Waals surface area contributed by atoms with Gasteiger partial charge in [0.25, 0.3) is 0 Å². The fourth-order valence-electron chi connectivity index (χ4n) is 3.80. The quantitative estimate of drug-likeness (QED) is 0.672. The Balaban J connectivity index is 2.53. The van der Waals surface area contributed by atoms with Gasteiger partial charge in [-0.3, -0.25) is 0 Å². The van der Waals surface area contributed by atoms with Gasteiger partial charge in [0.15, 0.2) is 0 Å². The summed E-state index contributed by atoms with van der Waals surface area (Å²) in [5.41, 5.74) is 0.608. The zero-order valence-electron chi connectivity index (χ0n) is 13.4. The van der Waals surface area contributed by atoms with Gasteiger partial charge in [-0.1, -0.05) is 53.9 Å². The van der Waals surface area contributed by atoms with Crippen molar-refractivity contribution in [1.82, 2.24) is 5.32 Å². The van der Waals surface area contributed by atoms with Crippen molar-refractivity contribution in [3.05, 3.63) is 0 Å². The van der Waals surface area contributed by atoms with Crippen molar-refractivity contribution in [3.8, 4) is 0 Å². The predicted octanol–water partition coefficient (Wildman–Crippen LogP) is 5.01. The number of rotatable bonds is 7. The molecule has 0 saturated heterocycles. The second kappa shape index (κ2) is 7.53. The molecule has 0 spiro atoms. The van der Waals surface area contributed by atoms with E-state index in [0.29, 0.717) is 11.5 Å². The summed E-state index contributed by atoms with van der Waals surface area (Å²) in [6.07, 6.45) is 10.1. The van der Waals surface area contributed by atoms with Gasteiger partial charge in [0.05, 0.1) is 0 Å². The lowest BCUT2D eigenvalue weighted by Crippen LogP contribution is -2.40. The molecule has 1 saturated carbocycles. The average molecular weight is 253 g/mol. The first-order valence-corrected chi connectivity index (χ1v) is 8.17. The molecule has 0 aromatic rings. The van der Waals surface area contributed by atoms with E-state index >= 15 is 0 Å². The van der Waals surface area contributed by atoms with Gasteiger partial charge in [0.2, 0.25) is 0 Å². The van der Waals surface area contributed by atoms with Crippen LogP contribution in [-0.4, -0.2) is 12.6 Å². The third-order valence-corrected chi connectivity index (χ3v) is 4.45. The fourth-order valence-corrected chi connectivity index (χ4v) is 3.80. The van der Waals surface area contributed by atoms with E-state index in [1.54, 1.807) is 0 Å². The molecule has 18 heavy (non-hydrogen) atoms. The van der Waals surface area contributed by atoms with Gasteiger partial charge in [-0.2, -0.15) is 0 Å². The van der Waals surface area contributed by atoms with Gasteiger partial charge in [-0.05, 0) is 42.9 Å². The third kappa shape index (κ3) is 5.73. The van der Waals surface area contributed by atoms with E-state index in [1.807, 2.05) is 0 Å². The zero-order chi connectivity index (χ0) is 13.6. The smallest absolute Gasteiger partial charge is 0.00106 e. The van der Waals surface area contributed by atoms with Gasteiger partial charge >= 0.3 is 0 Å². The summed E-state index contributed by atoms with van der Waals surface area (Å²) in [6.45, 7) is 13.0. The molecule has 1 rings (SSSR count). The molecule has 108 valence electrons. The SMILES string of the molecule is CC(C)CC(C)CC1(CNC(C)C)CCCCC1. The highest BCUT2D eigenvalue weighted by Gasteiger charge is 2.33. The van der Waals surface area contributed by atoms with E-state index in [0.717, 1.165) is 11.8 Å². The molecule has 1 N–H and O–H groups in total. The standard InChI is InChI=1S/C17H35N/c1-14(2)11-16(5)12-17(13-18-15(3)4)9-7-6-8-10-17/h14-16,18H,6-13H2,1-5H3. The second-order valence-corrected chi connectivity index (χ2v) is 7.54. The molecule has 1 aliphatic rings. The molecular weight excluding hydrogens is 218 g/mol. The maximum absolute atomic E-state index is 3.71. The van der Waals surface area contributed by atoms with E-state index in [4.69, 9.17) is 0 Å². The summed E-state index contributed by atoms with van der Waals surface area (Å²) in [5.74, 6) is 1.73. The molecular formula is C17H35N. The number of hydrogen-bond acceptors (Lipinski definition) is 1. The molecule has 0 aromatic heterocycles. The minimum Gasteiger partial charge on any atom is -0.314 e. The normalized spacial score (nSPS) is 21.5. The summed E-state index contributed by atoms with van der Waals surface area (Å²) in [5, 5.41) is 3.71. The Morgan fingerprint density at radius 2 is 1.56 bits per heavy atom. The summed E-state index contributed by atoms with van der Waals surface area (Å²) in [4.78, 5) is 0. The van der Waals surface area contributed by atoms with Crippen LogP contribution in [0.15, 0.2) is 0 Å². The second-order valence-electron chi connectivity index (χ2n) is 7.54. The third-order valence-electron chi connectivity index (χ3n) is 4.45. The van der Waals surface area contributed by atoms with Crippen molar-refractivity contribution in [1.29, 1.82) is 0 Å². The van der Waals surface area contributed by atoms with Crippen LogP contribution in [0.25, 0.3) is 0 Å². The number of hydrogen-bond donors (Lipinski definition) is 1. The molecule has 0 aliphatic heterocycles. The first-order chi connectivity index (χ1) is 8.43. The molecule has 0 amide bonds. The van der Waals surface area contributed by atoms with Crippen LogP contribution in [0.1, 0.15) is 79.6 Å². The lowest BCUT2D eigenvalue weighted by Gasteiger charge is -2.40. The summed E-state index contributed by atoms with van der Waals surface area (Å²) >= 11 is 0. The molecule has 0 radical (unpaired) electrons. The molecule has 1 atom stereocenters. The molecule has 1 aliphatic carbocycles. The molecule has 1 fully saturated rings. The Kier molecular flexibility index (Phi) is 6.70. The Morgan fingerprint density at radius 3 is 2.06 bits per heavy atom. The van der Waals surface area contributed by atoms with Crippen LogP contribution in [0.4, 0.5) is 0 Å². The van der Waals surface area contributed by atoms with E-state index in [1.165, 1.54) is 51.5 Å². The van der Waals surface area contributed by atoms with Crippen LogP contribution >= 0.6 is 0 Å². The summed E-state index contributed by atoms with van der Waals surface area (Å²) in [7, 11) is 0. The van der Waals surface area contributed by atoms with Crippen LogP contribution in [0.2, 0.25) is 0 Å². The highest BCUT2D eigenvalue weighted by atomic mass is 14.9. The zero-order valence-corrected chi connectivity index (χ0v) is 13.4. The van der Waals surface area contributed by atoms with Crippen molar-refractivity contribution >= 4 is 0 Å².